The van der Waals surface area contributed by atoms with Gasteiger partial charge >= 0.3 is 5.97 Å². The van der Waals surface area contributed by atoms with Gasteiger partial charge in [-0.1, -0.05) is 18.2 Å². The second kappa shape index (κ2) is 12.1. The van der Waals surface area contributed by atoms with E-state index in [0.717, 1.165) is 0 Å². The predicted molar refractivity (Wildman–Crippen MR) is 143 cm³/mol. The molecule has 0 spiro atoms. The number of ether oxygens (including phenoxy) is 3. The van der Waals surface area contributed by atoms with Gasteiger partial charge in [0.2, 0.25) is 0 Å². The summed E-state index contributed by atoms with van der Waals surface area (Å²) < 4.78 is 22.1. The van der Waals surface area contributed by atoms with Crippen LogP contribution in [0.25, 0.3) is 0 Å². The first-order chi connectivity index (χ1) is 19.4. The number of esters is 1. The number of para-hydroxylation sites is 1. The van der Waals surface area contributed by atoms with Crippen LogP contribution < -0.4 is 14.4 Å². The number of fused-ring (bicyclic) bond motifs is 1. The van der Waals surface area contributed by atoms with Crippen LogP contribution in [0.5, 0.6) is 11.5 Å². The Balaban J connectivity index is 1.27. The molecule has 208 valence electrons. The molecule has 2 aliphatic rings. The number of likely N-dealkylation sites (tertiary alicyclic amines) is 1. The fourth-order valence-corrected chi connectivity index (χ4v) is 4.80. The first-order valence-corrected chi connectivity index (χ1v) is 13.3. The Morgan fingerprint density at radius 1 is 1.05 bits per heavy atom. The molecule has 0 radical (unpaired) electrons. The zero-order valence-corrected chi connectivity index (χ0v) is 22.2. The highest BCUT2D eigenvalue weighted by Crippen LogP contribution is 2.34. The summed E-state index contributed by atoms with van der Waals surface area (Å²) in [5.74, 6) is 0.0294. The van der Waals surface area contributed by atoms with Crippen molar-refractivity contribution in [1.82, 2.24) is 4.90 Å². The number of hydrogen-bond acceptors (Lipinski definition) is 8. The lowest BCUT2D eigenvalue weighted by Crippen LogP contribution is -2.42. The standard InChI is InChI=1S/C30H30N2O8/c1-2-37-30(36)21-7-6-14-31(16-21)29(35)27-13-11-23(40-27)17-32-24-15-20(10-12-26(24)39-19-28(32)34)25(33)18-38-22-8-4-3-5-9-22/h3-5,8-13,15,21H,2,6-7,14,16-19H2,1H3/t21-/m0/s1. The largest absolute Gasteiger partial charge is 0.485 e. The van der Waals surface area contributed by atoms with Gasteiger partial charge in [0.1, 0.15) is 17.3 Å². The van der Waals surface area contributed by atoms with Gasteiger partial charge in [0.15, 0.2) is 24.8 Å². The summed E-state index contributed by atoms with van der Waals surface area (Å²) in [5.41, 5.74) is 0.800. The number of nitrogens with zero attached hydrogens (tertiary/aromatic N) is 2. The van der Waals surface area contributed by atoms with E-state index in [1.54, 1.807) is 54.3 Å². The lowest BCUT2D eigenvalue weighted by atomic mass is 9.98. The van der Waals surface area contributed by atoms with Crippen molar-refractivity contribution in [3.8, 4) is 11.5 Å². The number of carbonyl (C=O) groups excluding carboxylic acids is 4. The second-order valence-electron chi connectivity index (χ2n) is 9.58. The number of amides is 2. The number of benzene rings is 2. The molecule has 0 N–H and O–H groups in total. The van der Waals surface area contributed by atoms with Crippen LogP contribution >= 0.6 is 0 Å². The molecule has 0 bridgehead atoms. The zero-order chi connectivity index (χ0) is 28.1. The molecule has 0 aliphatic carbocycles. The number of furan rings is 1. The molecular weight excluding hydrogens is 516 g/mol. The highest BCUT2D eigenvalue weighted by atomic mass is 16.5. The Hall–Kier alpha value is -4.60. The van der Waals surface area contributed by atoms with E-state index in [1.807, 2.05) is 18.2 Å². The van der Waals surface area contributed by atoms with Gasteiger partial charge in [-0.05, 0) is 62.2 Å². The molecule has 0 saturated carbocycles. The first-order valence-electron chi connectivity index (χ1n) is 13.3. The minimum atomic E-state index is -0.357. The molecule has 1 saturated heterocycles. The second-order valence-corrected chi connectivity index (χ2v) is 9.58. The van der Waals surface area contributed by atoms with Crippen LogP contribution in [0.3, 0.4) is 0 Å². The van der Waals surface area contributed by atoms with Crippen LogP contribution in [0.4, 0.5) is 5.69 Å². The molecule has 1 fully saturated rings. The molecule has 3 aromatic rings. The summed E-state index contributed by atoms with van der Waals surface area (Å²) >= 11 is 0. The van der Waals surface area contributed by atoms with Crippen molar-refractivity contribution in [1.29, 1.82) is 0 Å². The van der Waals surface area contributed by atoms with E-state index in [9.17, 15) is 19.2 Å². The van der Waals surface area contributed by atoms with E-state index in [0.29, 0.717) is 54.5 Å². The molecule has 2 aliphatic heterocycles. The van der Waals surface area contributed by atoms with Crippen molar-refractivity contribution in [2.75, 3.05) is 37.8 Å². The van der Waals surface area contributed by atoms with Crippen molar-refractivity contribution in [3.63, 3.8) is 0 Å². The van der Waals surface area contributed by atoms with Gasteiger partial charge in [-0.2, -0.15) is 0 Å². The highest BCUT2D eigenvalue weighted by molar-refractivity contribution is 6.02. The van der Waals surface area contributed by atoms with Gasteiger partial charge in [-0.3, -0.25) is 24.1 Å². The average Bonchev–Trinajstić information content (AvgIpc) is 3.46. The maximum Gasteiger partial charge on any atom is 0.310 e. The molecule has 1 atom stereocenters. The molecule has 40 heavy (non-hydrogen) atoms. The molecule has 10 heteroatoms. The predicted octanol–water partition coefficient (Wildman–Crippen LogP) is 3.88. The monoisotopic (exact) mass is 546 g/mol. The number of anilines is 1. The van der Waals surface area contributed by atoms with Crippen LogP contribution in [0.2, 0.25) is 0 Å². The van der Waals surface area contributed by atoms with Gasteiger partial charge < -0.3 is 23.5 Å². The van der Waals surface area contributed by atoms with Gasteiger partial charge in [0.25, 0.3) is 11.8 Å². The number of hydrogen-bond donors (Lipinski definition) is 0. The summed E-state index contributed by atoms with van der Waals surface area (Å²) in [6, 6.07) is 17.1. The van der Waals surface area contributed by atoms with E-state index in [2.05, 4.69) is 0 Å². The van der Waals surface area contributed by atoms with Crippen LogP contribution in [0.15, 0.2) is 65.1 Å². The molecule has 3 heterocycles. The van der Waals surface area contributed by atoms with Gasteiger partial charge in [0.05, 0.1) is 24.8 Å². The van der Waals surface area contributed by atoms with Crippen LogP contribution in [0, 0.1) is 5.92 Å². The summed E-state index contributed by atoms with van der Waals surface area (Å²) in [6.45, 7) is 2.57. The smallest absolute Gasteiger partial charge is 0.310 e. The van der Waals surface area contributed by atoms with Crippen molar-refractivity contribution >= 4 is 29.3 Å². The van der Waals surface area contributed by atoms with Crippen molar-refractivity contribution in [2.45, 2.75) is 26.3 Å². The van der Waals surface area contributed by atoms with Crippen LogP contribution in [0.1, 0.15) is 46.4 Å². The summed E-state index contributed by atoms with van der Waals surface area (Å²) in [6.07, 6.45) is 1.37. The molecule has 5 rings (SSSR count). The van der Waals surface area contributed by atoms with Crippen LogP contribution in [-0.4, -0.2) is 61.4 Å². The van der Waals surface area contributed by atoms with E-state index >= 15 is 0 Å². The quantitative estimate of drug-likeness (QED) is 0.293. The van der Waals surface area contributed by atoms with E-state index in [1.165, 1.54) is 4.90 Å². The number of Topliss-reactive ketones (excluding diaryl/α,β-unsaturated/α-hetero) is 1. The van der Waals surface area contributed by atoms with E-state index < -0.39 is 0 Å². The first kappa shape index (κ1) is 27.0. The number of rotatable bonds is 9. The molecule has 0 unspecified atom stereocenters. The average molecular weight is 547 g/mol. The SMILES string of the molecule is CCOC(=O)[C@H]1CCCN(C(=O)c2ccc(CN3C(=O)COc4ccc(C(=O)COc5ccccc5)cc43)o2)C1. The summed E-state index contributed by atoms with van der Waals surface area (Å²) in [7, 11) is 0. The minimum Gasteiger partial charge on any atom is -0.485 e. The van der Waals surface area contributed by atoms with Crippen molar-refractivity contribution in [3.05, 3.63) is 77.7 Å². The van der Waals surface area contributed by atoms with Crippen molar-refractivity contribution < 1.29 is 37.8 Å². The fraction of sp³-hybridized carbons (Fsp3) is 0.333. The third-order valence-corrected chi connectivity index (χ3v) is 6.85. The Kier molecular flexibility index (Phi) is 8.14. The van der Waals surface area contributed by atoms with Gasteiger partial charge in [-0.25, -0.2) is 0 Å². The van der Waals surface area contributed by atoms with E-state index in [4.69, 9.17) is 18.6 Å². The third kappa shape index (κ3) is 6.01. The van der Waals surface area contributed by atoms with Crippen LogP contribution in [-0.2, 0) is 20.9 Å². The lowest BCUT2D eigenvalue weighted by Gasteiger charge is -2.31. The Labute approximate surface area is 231 Å². The molecular formula is C30H30N2O8. The number of carbonyl (C=O) groups is 4. The van der Waals surface area contributed by atoms with Crippen molar-refractivity contribution in [2.24, 2.45) is 5.92 Å². The highest BCUT2D eigenvalue weighted by Gasteiger charge is 2.32. The zero-order valence-electron chi connectivity index (χ0n) is 22.2. The maximum atomic E-state index is 13.1. The minimum absolute atomic E-state index is 0.0477. The third-order valence-electron chi connectivity index (χ3n) is 6.85. The lowest BCUT2D eigenvalue weighted by molar-refractivity contribution is -0.149. The molecule has 1 aromatic heterocycles. The van der Waals surface area contributed by atoms with Gasteiger partial charge in [0, 0.05) is 18.7 Å². The van der Waals surface area contributed by atoms with Gasteiger partial charge in [-0.15, -0.1) is 0 Å². The summed E-state index contributed by atoms with van der Waals surface area (Å²) in [4.78, 5) is 54.0. The number of piperidine rings is 1. The molecule has 10 nitrogen and oxygen atoms in total. The Morgan fingerprint density at radius 2 is 1.88 bits per heavy atom. The fourth-order valence-electron chi connectivity index (χ4n) is 4.80. The summed E-state index contributed by atoms with van der Waals surface area (Å²) in [5, 5.41) is 0. The maximum absolute atomic E-state index is 13.1. The number of ketones is 1. The topological polar surface area (TPSA) is 116 Å². The normalized spacial score (nSPS) is 16.6. The Bertz CT molecular complexity index is 1400. The Morgan fingerprint density at radius 3 is 2.67 bits per heavy atom. The van der Waals surface area contributed by atoms with E-state index in [-0.39, 0.29) is 61.5 Å². The molecule has 2 aromatic carbocycles. The molecule has 2 amide bonds.